The third-order valence-electron chi connectivity index (χ3n) is 4.92. The highest BCUT2D eigenvalue weighted by molar-refractivity contribution is 5.93. The number of aromatic nitrogens is 1. The van der Waals surface area contributed by atoms with Gasteiger partial charge in [0.15, 0.2) is 0 Å². The first kappa shape index (κ1) is 22.4. The van der Waals surface area contributed by atoms with Crippen LogP contribution in [0.5, 0.6) is 0 Å². The molecule has 0 aliphatic carbocycles. The number of carbonyl (C=O) groups excluding carboxylic acids is 1. The number of amides is 1. The molecule has 0 spiro atoms. The molecule has 1 aromatic carbocycles. The number of halogens is 6. The fourth-order valence-corrected chi connectivity index (χ4v) is 3.28. The van der Waals surface area contributed by atoms with Gasteiger partial charge in [0.05, 0.1) is 16.7 Å². The Bertz CT molecular complexity index is 954. The molecule has 31 heavy (non-hydrogen) atoms. The first-order chi connectivity index (χ1) is 14.5. The molecule has 2 heterocycles. The Balaban J connectivity index is 1.68. The zero-order chi connectivity index (χ0) is 22.8. The van der Waals surface area contributed by atoms with E-state index in [4.69, 9.17) is 5.26 Å². The third-order valence-corrected chi connectivity index (χ3v) is 4.92. The topological polar surface area (TPSA) is 69.0 Å². The lowest BCUT2D eigenvalue weighted by molar-refractivity contribution is -0.143. The van der Waals surface area contributed by atoms with Crippen molar-refractivity contribution in [3.8, 4) is 6.07 Å². The maximum atomic E-state index is 13.0. The SMILES string of the molecule is N#Cc1ccc(N2CCC(C(=O)Nc3cc(C(F)(F)F)cc(C(F)(F)F)c3)CC2)nc1. The largest absolute Gasteiger partial charge is 0.416 e. The minimum Gasteiger partial charge on any atom is -0.357 e. The van der Waals surface area contributed by atoms with Gasteiger partial charge in [0.25, 0.3) is 0 Å². The summed E-state index contributed by atoms with van der Waals surface area (Å²) in [6.07, 6.45) is -7.86. The van der Waals surface area contributed by atoms with E-state index in [-0.39, 0.29) is 6.07 Å². The highest BCUT2D eigenvalue weighted by Gasteiger charge is 2.37. The van der Waals surface area contributed by atoms with Crippen molar-refractivity contribution in [3.63, 3.8) is 0 Å². The number of rotatable bonds is 3. The summed E-state index contributed by atoms with van der Waals surface area (Å²) in [5, 5.41) is 11.0. The molecule has 0 radical (unpaired) electrons. The molecule has 1 aromatic heterocycles. The lowest BCUT2D eigenvalue weighted by Crippen LogP contribution is -2.38. The van der Waals surface area contributed by atoms with Crippen molar-refractivity contribution in [2.24, 2.45) is 5.92 Å². The van der Waals surface area contributed by atoms with Crippen LogP contribution >= 0.6 is 0 Å². The van der Waals surface area contributed by atoms with E-state index in [0.29, 0.717) is 49.4 Å². The van der Waals surface area contributed by atoms with Gasteiger partial charge in [0.2, 0.25) is 5.91 Å². The average molecular weight is 442 g/mol. The van der Waals surface area contributed by atoms with E-state index in [0.717, 1.165) is 0 Å². The Morgan fingerprint density at radius 2 is 1.61 bits per heavy atom. The van der Waals surface area contributed by atoms with Gasteiger partial charge in [-0.25, -0.2) is 4.98 Å². The molecule has 11 heteroatoms. The maximum Gasteiger partial charge on any atom is 0.416 e. The maximum absolute atomic E-state index is 13.0. The fraction of sp³-hybridized carbons (Fsp3) is 0.350. The molecule has 0 bridgehead atoms. The number of hydrogen-bond donors (Lipinski definition) is 1. The number of nitriles is 1. The summed E-state index contributed by atoms with van der Waals surface area (Å²) in [7, 11) is 0. The van der Waals surface area contributed by atoms with E-state index in [2.05, 4.69) is 10.3 Å². The average Bonchev–Trinajstić information content (AvgIpc) is 2.72. The molecule has 1 N–H and O–H groups in total. The predicted molar refractivity (Wildman–Crippen MR) is 99.0 cm³/mol. The van der Waals surface area contributed by atoms with Crippen LogP contribution in [0, 0.1) is 17.2 Å². The zero-order valence-electron chi connectivity index (χ0n) is 15.9. The number of carbonyl (C=O) groups is 1. The van der Waals surface area contributed by atoms with Crippen LogP contribution in [-0.4, -0.2) is 24.0 Å². The highest BCUT2D eigenvalue weighted by atomic mass is 19.4. The first-order valence-corrected chi connectivity index (χ1v) is 9.19. The van der Waals surface area contributed by atoms with Crippen LogP contribution in [-0.2, 0) is 17.1 Å². The molecular weight excluding hydrogens is 426 g/mol. The van der Waals surface area contributed by atoms with Crippen LogP contribution in [0.3, 0.4) is 0 Å². The summed E-state index contributed by atoms with van der Waals surface area (Å²) < 4.78 is 77.8. The number of piperidine rings is 1. The van der Waals surface area contributed by atoms with Crippen molar-refractivity contribution in [1.29, 1.82) is 5.26 Å². The van der Waals surface area contributed by atoms with Crippen molar-refractivity contribution in [3.05, 3.63) is 53.2 Å². The lowest BCUT2D eigenvalue weighted by atomic mass is 9.95. The van der Waals surface area contributed by atoms with E-state index < -0.39 is 41.0 Å². The Kier molecular flexibility index (Phi) is 6.10. The van der Waals surface area contributed by atoms with Gasteiger partial charge in [-0.05, 0) is 43.2 Å². The van der Waals surface area contributed by atoms with Crippen LogP contribution in [0.4, 0.5) is 37.8 Å². The normalized spacial score (nSPS) is 15.5. The van der Waals surface area contributed by atoms with Gasteiger partial charge < -0.3 is 10.2 Å². The molecule has 164 valence electrons. The van der Waals surface area contributed by atoms with Gasteiger partial charge in [0.1, 0.15) is 11.9 Å². The third kappa shape index (κ3) is 5.45. The molecule has 1 aliphatic rings. The fourth-order valence-electron chi connectivity index (χ4n) is 3.28. The van der Waals surface area contributed by atoms with E-state index in [9.17, 15) is 31.1 Å². The number of pyridine rings is 1. The molecule has 2 aromatic rings. The van der Waals surface area contributed by atoms with Gasteiger partial charge in [-0.3, -0.25) is 4.79 Å². The van der Waals surface area contributed by atoms with E-state index in [1.165, 1.54) is 6.20 Å². The number of nitrogens with one attached hydrogen (secondary N) is 1. The van der Waals surface area contributed by atoms with Gasteiger partial charge in [-0.1, -0.05) is 0 Å². The molecule has 3 rings (SSSR count). The second-order valence-electron chi connectivity index (χ2n) is 7.06. The smallest absolute Gasteiger partial charge is 0.357 e. The second kappa shape index (κ2) is 8.45. The summed E-state index contributed by atoms with van der Waals surface area (Å²) in [4.78, 5) is 18.5. The molecular formula is C20H16F6N4O. The van der Waals surface area contributed by atoms with Gasteiger partial charge in [0, 0.05) is 30.9 Å². The lowest BCUT2D eigenvalue weighted by Gasteiger charge is -2.32. The van der Waals surface area contributed by atoms with Crippen molar-refractivity contribution in [2.45, 2.75) is 25.2 Å². The number of alkyl halides is 6. The minimum atomic E-state index is -4.99. The number of benzene rings is 1. The van der Waals surface area contributed by atoms with Gasteiger partial charge >= 0.3 is 12.4 Å². The highest BCUT2D eigenvalue weighted by Crippen LogP contribution is 2.37. The van der Waals surface area contributed by atoms with Crippen LogP contribution in [0.2, 0.25) is 0 Å². The van der Waals surface area contributed by atoms with Gasteiger partial charge in [-0.2, -0.15) is 31.6 Å². The number of anilines is 2. The van der Waals surface area contributed by atoms with Crippen molar-refractivity contribution in [1.82, 2.24) is 4.98 Å². The molecule has 0 unspecified atom stereocenters. The van der Waals surface area contributed by atoms with Crippen LogP contribution in [0.1, 0.15) is 29.5 Å². The molecule has 1 saturated heterocycles. The van der Waals surface area contributed by atoms with E-state index >= 15 is 0 Å². The van der Waals surface area contributed by atoms with Crippen LogP contribution < -0.4 is 10.2 Å². The summed E-state index contributed by atoms with van der Waals surface area (Å²) in [6, 6.07) is 6.22. The molecule has 1 fully saturated rings. The Labute approximate surface area is 173 Å². The van der Waals surface area contributed by atoms with Gasteiger partial charge in [-0.15, -0.1) is 0 Å². The molecule has 0 saturated carbocycles. The molecule has 1 aliphatic heterocycles. The number of nitrogens with zero attached hydrogens (tertiary/aromatic N) is 3. The van der Waals surface area contributed by atoms with Crippen molar-refractivity contribution in [2.75, 3.05) is 23.3 Å². The first-order valence-electron chi connectivity index (χ1n) is 9.19. The number of hydrogen-bond acceptors (Lipinski definition) is 4. The van der Waals surface area contributed by atoms with Crippen molar-refractivity contribution >= 4 is 17.4 Å². The van der Waals surface area contributed by atoms with Crippen LogP contribution in [0.15, 0.2) is 36.5 Å². The summed E-state index contributed by atoms with van der Waals surface area (Å²) in [5.41, 5.74) is -3.13. The Morgan fingerprint density at radius 3 is 2.06 bits per heavy atom. The molecule has 1 amide bonds. The summed E-state index contributed by atoms with van der Waals surface area (Å²) in [5.74, 6) is -0.594. The quantitative estimate of drug-likeness (QED) is 0.691. The second-order valence-corrected chi connectivity index (χ2v) is 7.06. The van der Waals surface area contributed by atoms with E-state index in [1.54, 1.807) is 12.1 Å². The zero-order valence-corrected chi connectivity index (χ0v) is 15.9. The molecule has 5 nitrogen and oxygen atoms in total. The van der Waals surface area contributed by atoms with Crippen molar-refractivity contribution < 1.29 is 31.1 Å². The predicted octanol–water partition coefficient (Wildman–Crippen LogP) is 4.85. The summed E-state index contributed by atoms with van der Waals surface area (Å²) >= 11 is 0. The Hall–Kier alpha value is -3.29. The van der Waals surface area contributed by atoms with E-state index in [1.807, 2.05) is 11.0 Å². The minimum absolute atomic E-state index is 0.0126. The molecule has 0 atom stereocenters. The summed E-state index contributed by atoms with van der Waals surface area (Å²) in [6.45, 7) is 0.848. The monoisotopic (exact) mass is 442 g/mol. The standard InChI is InChI=1S/C20H16F6N4O/c21-19(22,23)14-7-15(20(24,25)26)9-16(8-14)29-18(31)13-3-5-30(6-4-13)17-2-1-12(10-27)11-28-17/h1-2,7-9,11,13H,3-6H2,(H,29,31). The Morgan fingerprint density at radius 1 is 1.03 bits per heavy atom. The van der Waals surface area contributed by atoms with Crippen LogP contribution in [0.25, 0.3) is 0 Å².